The minimum Gasteiger partial charge on any atom is -0.174 e. The molecule has 0 bridgehead atoms. The van der Waals surface area contributed by atoms with Crippen LogP contribution in [0.5, 0.6) is 0 Å². The van der Waals surface area contributed by atoms with Gasteiger partial charge in [-0.15, -0.1) is 0 Å². The molecule has 2 heteroatoms. The van der Waals surface area contributed by atoms with E-state index in [1.807, 2.05) is 0 Å². The molecule has 0 aromatic heterocycles. The average molecular weight is 326 g/mol. The number of rotatable bonds is 4. The Balaban J connectivity index is 1.60. The summed E-state index contributed by atoms with van der Waals surface area (Å²) in [5, 5.41) is 0. The summed E-state index contributed by atoms with van der Waals surface area (Å²) in [6.07, 6.45) is 4.39. The van der Waals surface area contributed by atoms with Gasteiger partial charge < -0.3 is 0 Å². The lowest BCUT2D eigenvalue weighted by atomic mass is 9.77. The molecule has 1 aliphatic rings. The molecule has 126 valence electrons. The topological polar surface area (TPSA) is 0 Å². The van der Waals surface area contributed by atoms with E-state index >= 15 is 0 Å². The van der Waals surface area contributed by atoms with Gasteiger partial charge in [-0.05, 0) is 73.6 Å². The predicted molar refractivity (Wildman–Crippen MR) is 96.2 cm³/mol. The summed E-state index contributed by atoms with van der Waals surface area (Å²) in [6, 6.07) is 17.5. The minimum atomic E-state index is -1.54. The van der Waals surface area contributed by atoms with Crippen molar-refractivity contribution >= 4 is 0 Å². The zero-order chi connectivity index (χ0) is 16.9. The zero-order valence-electron chi connectivity index (χ0n) is 14.1. The van der Waals surface area contributed by atoms with Gasteiger partial charge in [-0.2, -0.15) is 8.78 Å². The van der Waals surface area contributed by atoms with E-state index in [0.29, 0.717) is 18.3 Å². The van der Waals surface area contributed by atoms with Gasteiger partial charge in [-0.25, -0.2) is 0 Å². The summed E-state index contributed by atoms with van der Waals surface area (Å²) in [7, 11) is 0. The molecule has 0 radical (unpaired) electrons. The highest BCUT2D eigenvalue weighted by molar-refractivity contribution is 5.64. The SMILES string of the molecule is Cc1ccc(-c2ccc(C3CCC(CC=C(F)F)CC3)cc2)cc1. The van der Waals surface area contributed by atoms with Crippen LogP contribution in [0.3, 0.4) is 0 Å². The van der Waals surface area contributed by atoms with Gasteiger partial charge in [-0.3, -0.25) is 0 Å². The molecule has 2 aromatic rings. The first-order valence-corrected chi connectivity index (χ1v) is 8.80. The number of allylic oxidation sites excluding steroid dienone is 1. The quantitative estimate of drug-likeness (QED) is 0.562. The molecule has 0 unspecified atom stereocenters. The predicted octanol–water partition coefficient (Wildman–Crippen LogP) is 7.11. The van der Waals surface area contributed by atoms with Gasteiger partial charge >= 0.3 is 0 Å². The summed E-state index contributed by atoms with van der Waals surface area (Å²) in [6.45, 7) is 2.10. The van der Waals surface area contributed by atoms with Crippen LogP contribution in [0.4, 0.5) is 8.78 Å². The van der Waals surface area contributed by atoms with Crippen molar-refractivity contribution in [1.29, 1.82) is 0 Å². The lowest BCUT2D eigenvalue weighted by Crippen LogP contribution is -2.12. The molecule has 0 heterocycles. The first-order valence-electron chi connectivity index (χ1n) is 8.80. The number of benzene rings is 2. The third-order valence-electron chi connectivity index (χ3n) is 5.22. The summed E-state index contributed by atoms with van der Waals surface area (Å²) >= 11 is 0. The molecular weight excluding hydrogens is 302 g/mol. The highest BCUT2D eigenvalue weighted by atomic mass is 19.3. The number of hydrogen-bond acceptors (Lipinski definition) is 0. The Kier molecular flexibility index (Phi) is 5.44. The van der Waals surface area contributed by atoms with E-state index < -0.39 is 6.08 Å². The fourth-order valence-electron chi connectivity index (χ4n) is 3.68. The molecule has 0 spiro atoms. The molecule has 1 saturated carbocycles. The van der Waals surface area contributed by atoms with Crippen LogP contribution in [-0.2, 0) is 0 Å². The van der Waals surface area contributed by atoms with Crippen LogP contribution >= 0.6 is 0 Å². The Morgan fingerprint density at radius 3 is 1.96 bits per heavy atom. The van der Waals surface area contributed by atoms with Crippen molar-refractivity contribution < 1.29 is 8.78 Å². The van der Waals surface area contributed by atoms with Crippen LogP contribution < -0.4 is 0 Å². The third kappa shape index (κ3) is 4.31. The molecule has 3 rings (SSSR count). The van der Waals surface area contributed by atoms with Crippen molar-refractivity contribution in [3.05, 3.63) is 71.8 Å². The van der Waals surface area contributed by atoms with Crippen LogP contribution in [-0.4, -0.2) is 0 Å². The minimum absolute atomic E-state index is 0.426. The van der Waals surface area contributed by atoms with Crippen LogP contribution in [0.1, 0.15) is 49.1 Å². The lowest BCUT2D eigenvalue weighted by Gasteiger charge is -2.28. The monoisotopic (exact) mass is 326 g/mol. The second-order valence-corrected chi connectivity index (χ2v) is 6.94. The molecule has 0 saturated heterocycles. The van der Waals surface area contributed by atoms with Crippen molar-refractivity contribution in [1.82, 2.24) is 0 Å². The second-order valence-electron chi connectivity index (χ2n) is 6.94. The Bertz CT molecular complexity index is 671. The van der Waals surface area contributed by atoms with E-state index in [4.69, 9.17) is 0 Å². The van der Waals surface area contributed by atoms with E-state index in [0.717, 1.165) is 31.8 Å². The average Bonchev–Trinajstić information content (AvgIpc) is 2.61. The molecule has 2 aromatic carbocycles. The van der Waals surface area contributed by atoms with Gasteiger partial charge in [-0.1, -0.05) is 54.1 Å². The van der Waals surface area contributed by atoms with E-state index in [1.165, 1.54) is 22.3 Å². The maximum absolute atomic E-state index is 12.2. The molecule has 0 amide bonds. The fourth-order valence-corrected chi connectivity index (χ4v) is 3.68. The van der Waals surface area contributed by atoms with Crippen molar-refractivity contribution in [2.45, 2.75) is 44.9 Å². The van der Waals surface area contributed by atoms with E-state index in [9.17, 15) is 8.78 Å². The van der Waals surface area contributed by atoms with Gasteiger partial charge in [0.2, 0.25) is 0 Å². The van der Waals surface area contributed by atoms with Gasteiger partial charge in [0.05, 0.1) is 0 Å². The van der Waals surface area contributed by atoms with Gasteiger partial charge in [0.1, 0.15) is 0 Å². The van der Waals surface area contributed by atoms with E-state index in [-0.39, 0.29) is 0 Å². The lowest BCUT2D eigenvalue weighted by molar-refractivity contribution is 0.322. The van der Waals surface area contributed by atoms with E-state index in [1.54, 1.807) is 0 Å². The summed E-state index contributed by atoms with van der Waals surface area (Å²) < 4.78 is 24.4. The molecule has 1 fully saturated rings. The second kappa shape index (κ2) is 7.74. The summed E-state index contributed by atoms with van der Waals surface area (Å²) in [4.78, 5) is 0. The standard InChI is InChI=1S/C22H24F2/c1-16-2-7-18(8-3-16)20-11-13-21(14-12-20)19-9-4-17(5-10-19)6-15-22(23)24/h2-3,7-8,11-15,17,19H,4-6,9-10H2,1H3. The van der Waals surface area contributed by atoms with Crippen LogP contribution in [0.15, 0.2) is 60.7 Å². The number of aryl methyl sites for hydroxylation is 1. The van der Waals surface area contributed by atoms with Gasteiger partial charge in [0.25, 0.3) is 6.08 Å². The molecule has 0 nitrogen and oxygen atoms in total. The molecule has 0 aliphatic heterocycles. The first kappa shape index (κ1) is 16.9. The maximum Gasteiger partial charge on any atom is 0.266 e. The summed E-state index contributed by atoms with van der Waals surface area (Å²) in [5.41, 5.74) is 5.15. The third-order valence-corrected chi connectivity index (χ3v) is 5.22. The molecule has 0 atom stereocenters. The Morgan fingerprint density at radius 1 is 0.875 bits per heavy atom. The highest BCUT2D eigenvalue weighted by Crippen LogP contribution is 2.38. The molecule has 1 aliphatic carbocycles. The molecule has 24 heavy (non-hydrogen) atoms. The van der Waals surface area contributed by atoms with E-state index in [2.05, 4.69) is 55.5 Å². The van der Waals surface area contributed by atoms with Gasteiger partial charge in [0, 0.05) is 0 Å². The van der Waals surface area contributed by atoms with Crippen molar-refractivity contribution in [3.63, 3.8) is 0 Å². The highest BCUT2D eigenvalue weighted by Gasteiger charge is 2.21. The maximum atomic E-state index is 12.2. The van der Waals surface area contributed by atoms with Crippen molar-refractivity contribution in [2.75, 3.05) is 0 Å². The normalized spacial score (nSPS) is 20.6. The first-order chi connectivity index (χ1) is 11.6. The number of hydrogen-bond donors (Lipinski definition) is 0. The molecule has 0 N–H and O–H groups in total. The Morgan fingerprint density at radius 2 is 1.42 bits per heavy atom. The summed E-state index contributed by atoms with van der Waals surface area (Å²) in [5.74, 6) is 1.00. The van der Waals surface area contributed by atoms with Crippen molar-refractivity contribution in [2.24, 2.45) is 5.92 Å². The fraction of sp³-hybridized carbons (Fsp3) is 0.364. The molecular formula is C22H24F2. The van der Waals surface area contributed by atoms with Crippen molar-refractivity contribution in [3.8, 4) is 11.1 Å². The van der Waals surface area contributed by atoms with Gasteiger partial charge in [0.15, 0.2) is 0 Å². The van der Waals surface area contributed by atoms with Crippen LogP contribution in [0.2, 0.25) is 0 Å². The largest absolute Gasteiger partial charge is 0.266 e. The Labute approximate surface area is 143 Å². The number of halogens is 2. The zero-order valence-corrected chi connectivity index (χ0v) is 14.1. The van der Waals surface area contributed by atoms with Crippen LogP contribution in [0, 0.1) is 12.8 Å². The smallest absolute Gasteiger partial charge is 0.174 e. The van der Waals surface area contributed by atoms with Crippen LogP contribution in [0.25, 0.3) is 11.1 Å². The Hall–Kier alpha value is -1.96.